The van der Waals surface area contributed by atoms with Crippen LogP contribution in [0.5, 0.6) is 0 Å². The molecule has 0 bridgehead atoms. The van der Waals surface area contributed by atoms with Gasteiger partial charge in [0.25, 0.3) is 0 Å². The highest BCUT2D eigenvalue weighted by Crippen LogP contribution is 2.48. The van der Waals surface area contributed by atoms with Crippen LogP contribution in [0.2, 0.25) is 0 Å². The Morgan fingerprint density at radius 2 is 0.627 bits per heavy atom. The molecule has 18 aromatic rings. The van der Waals surface area contributed by atoms with Crippen molar-refractivity contribution in [2.45, 2.75) is 273 Å². The normalized spacial score (nSPS) is 10.5. The molecule has 0 spiro atoms. The number of para-hydroxylation sites is 8. The van der Waals surface area contributed by atoms with Crippen LogP contribution in [0.25, 0.3) is 138 Å². The van der Waals surface area contributed by atoms with Gasteiger partial charge >= 0.3 is 0 Å². The van der Waals surface area contributed by atoms with Crippen LogP contribution in [0.3, 0.4) is 0 Å². The molecule has 22 rings (SSSR count). The Bertz CT molecular complexity index is 6180. The van der Waals surface area contributed by atoms with E-state index in [1.54, 1.807) is 0 Å². The van der Waals surface area contributed by atoms with E-state index in [9.17, 15) is 0 Å². The molecule has 672 valence electrons. The van der Waals surface area contributed by atoms with E-state index in [2.05, 4.69) is 351 Å². The van der Waals surface area contributed by atoms with Crippen LogP contribution in [-0.4, -0.2) is 32.2 Å². The van der Waals surface area contributed by atoms with Gasteiger partial charge in [0.05, 0.1) is 33.3 Å². The summed E-state index contributed by atoms with van der Waals surface area (Å²) in [4.78, 5) is 4.75. The van der Waals surface area contributed by atoms with Crippen LogP contribution in [0, 0.1) is 0 Å². The van der Waals surface area contributed by atoms with Crippen LogP contribution in [-0.2, 0) is 59.4 Å². The average molecular weight is 1690 g/mol. The van der Waals surface area contributed by atoms with E-state index in [0.717, 1.165) is 56.6 Å². The lowest BCUT2D eigenvalue weighted by molar-refractivity contribution is 0.759. The Balaban J connectivity index is 0.000000307. The van der Waals surface area contributed by atoms with Crippen molar-refractivity contribution in [3.63, 3.8) is 0 Å². The minimum absolute atomic E-state index is 0.931. The Morgan fingerprint density at radius 1 is 0.246 bits per heavy atom. The lowest BCUT2D eigenvalue weighted by atomic mass is 10.0. The molecule has 4 aliphatic carbocycles. The quantitative estimate of drug-likeness (QED) is 0.174. The number of rotatable bonds is 3. The van der Waals surface area contributed by atoms with Gasteiger partial charge in [0, 0.05) is 129 Å². The van der Waals surface area contributed by atoms with E-state index in [1.165, 1.54) is 184 Å². The lowest BCUT2D eigenvalue weighted by Gasteiger charge is -2.07. The van der Waals surface area contributed by atoms with Crippen molar-refractivity contribution in [3.05, 3.63) is 312 Å². The maximum absolute atomic E-state index is 4.75. The van der Waals surface area contributed by atoms with E-state index in [0.29, 0.717) is 0 Å². The van der Waals surface area contributed by atoms with Crippen molar-refractivity contribution in [2.24, 2.45) is 14.1 Å². The molecule has 0 fully saturated rings. The third-order valence-electron chi connectivity index (χ3n) is 21.3. The summed E-state index contributed by atoms with van der Waals surface area (Å²) >= 11 is 0. The first-order valence-electron chi connectivity index (χ1n) is 49.1. The van der Waals surface area contributed by atoms with E-state index < -0.39 is 0 Å². The monoisotopic (exact) mass is 1690 g/mol. The fraction of sp³-hybridized carbons (Fsp3) is 0.353. The highest BCUT2D eigenvalue weighted by atomic mass is 15.2. The average Bonchev–Trinajstić information content (AvgIpc) is 1.56. The maximum atomic E-state index is 4.75. The Kier molecular flexibility index (Phi) is 48.0. The van der Waals surface area contributed by atoms with Crippen LogP contribution < -0.4 is 0 Å². The SMILES string of the molecule is CC.CC.CC.CC.CC.CC.CC.CC.CC.CC.CC.CC.CCC.CCC.CCn1c2c(c3ccccc31)-c1ccccc1C2.CCn1c2c(c3ccccc31)Cc1ccccc1-2.CCn1c2ccccc2n2c3ccccc3nc12.Cn1c2ccccc2c2c3c(ccc21)-c1ccccc1C3.Cn1c2ccccc2c2ccc3c(c21)-c1ccccc1C3. The summed E-state index contributed by atoms with van der Waals surface area (Å²) in [6.45, 7) is 66.1. The summed E-state index contributed by atoms with van der Waals surface area (Å²) < 4.78 is 14.1. The molecule has 6 heterocycles. The van der Waals surface area contributed by atoms with Crippen LogP contribution in [0.1, 0.15) is 272 Å². The Labute approximate surface area is 763 Å². The van der Waals surface area contributed by atoms with Gasteiger partial charge in [-0.05, 0) is 149 Å². The second-order valence-corrected chi connectivity index (χ2v) is 27.5. The molecule has 0 atom stereocenters. The van der Waals surface area contributed by atoms with Crippen molar-refractivity contribution >= 4 is 93.3 Å². The molecule has 0 radical (unpaired) electrons. The molecule has 0 saturated carbocycles. The number of nitrogens with zero attached hydrogens (tertiary/aromatic N) is 7. The van der Waals surface area contributed by atoms with Gasteiger partial charge in [-0.15, -0.1) is 0 Å². The number of hydrogen-bond acceptors (Lipinski definition) is 1. The zero-order valence-corrected chi connectivity index (χ0v) is 84.4. The standard InChI is InChI=1S/2C20H15N.2C17H15N.C15H13N3.2C3H8.12C2H6/c1-21-18-9-5-4-8-16(18)17-11-10-14-12-13-6-2-3-7-15(13)19(14)20(17)21;1-21-18-9-5-4-8-16(18)20-17-12-13-6-2-3-7-14(13)15(17)10-11-19(20)21;1-2-18-16-10-6-5-9-14(16)15-11-12-7-3-4-8-13(12)17(15)18;1-2-18-15-10-6-5-9-14(15)17-13-8-4-3-7-12(13)11-16(17)18;1-2-17-13-9-5-6-10-14(13)18-12-8-4-3-7-11(12)16-15(17)18;2*1-3-2;12*1-2/h2*2-11H,12H2,1H3;2*3-10H,2,11H2,1H3;3-10H,2H2,1H3;2*3H2,1-2H3;12*1-2H3. The third kappa shape index (κ3) is 22.3. The highest BCUT2D eigenvalue weighted by Gasteiger charge is 2.29. The van der Waals surface area contributed by atoms with E-state index in [1.807, 2.05) is 172 Å². The summed E-state index contributed by atoms with van der Waals surface area (Å²) in [5.41, 5.74) is 36.0. The minimum atomic E-state index is 0.931. The zero-order chi connectivity index (χ0) is 93.7. The summed E-state index contributed by atoms with van der Waals surface area (Å²) in [5.74, 6) is 1.03. The molecule has 126 heavy (non-hydrogen) atoms. The molecule has 0 aliphatic heterocycles. The predicted molar refractivity (Wildman–Crippen MR) is 571 cm³/mol. The first-order chi connectivity index (χ1) is 62.2. The molecular weight excluding hydrogens is 1530 g/mol. The van der Waals surface area contributed by atoms with Gasteiger partial charge in [-0.2, -0.15) is 0 Å². The molecular formula is C119H161N7. The fourth-order valence-corrected chi connectivity index (χ4v) is 17.1. The Hall–Kier alpha value is -11.4. The third-order valence-corrected chi connectivity index (χ3v) is 21.3. The molecule has 4 aliphatic rings. The molecule has 12 aromatic carbocycles. The second-order valence-electron chi connectivity index (χ2n) is 27.5. The largest absolute Gasteiger partial charge is 0.344 e. The number of hydrogen-bond donors (Lipinski definition) is 0. The van der Waals surface area contributed by atoms with Crippen molar-refractivity contribution < 1.29 is 0 Å². The van der Waals surface area contributed by atoms with Crippen molar-refractivity contribution in [1.82, 2.24) is 32.2 Å². The van der Waals surface area contributed by atoms with Crippen LogP contribution in [0.4, 0.5) is 0 Å². The lowest BCUT2D eigenvalue weighted by Crippen LogP contribution is -1.99. The van der Waals surface area contributed by atoms with Gasteiger partial charge in [-0.25, -0.2) is 4.98 Å². The summed E-state index contributed by atoms with van der Waals surface area (Å²) in [6.07, 6.45) is 6.77. The summed E-state index contributed by atoms with van der Waals surface area (Å²) in [6, 6.07) is 96.1. The van der Waals surface area contributed by atoms with Crippen molar-refractivity contribution in [3.8, 4) is 44.6 Å². The summed E-state index contributed by atoms with van der Waals surface area (Å²) in [7, 11) is 4.35. The number of benzene rings is 12. The van der Waals surface area contributed by atoms with Gasteiger partial charge in [0.1, 0.15) is 0 Å². The van der Waals surface area contributed by atoms with Crippen LogP contribution >= 0.6 is 0 Å². The molecule has 7 heteroatoms. The first-order valence-corrected chi connectivity index (χ1v) is 49.1. The molecule has 0 amide bonds. The molecule has 6 aromatic heterocycles. The summed E-state index contributed by atoms with van der Waals surface area (Å²) in [5, 5.41) is 8.34. The van der Waals surface area contributed by atoms with E-state index >= 15 is 0 Å². The van der Waals surface area contributed by atoms with Gasteiger partial charge in [0.2, 0.25) is 5.78 Å². The predicted octanol–water partition coefficient (Wildman–Crippen LogP) is 36.9. The highest BCUT2D eigenvalue weighted by molar-refractivity contribution is 6.15. The van der Waals surface area contributed by atoms with Crippen molar-refractivity contribution in [2.75, 3.05) is 0 Å². The second kappa shape index (κ2) is 56.5. The number of aromatic nitrogens is 7. The maximum Gasteiger partial charge on any atom is 0.215 e. The topological polar surface area (TPSA) is 42.0 Å². The van der Waals surface area contributed by atoms with Gasteiger partial charge in [-0.3, -0.25) is 4.40 Å². The van der Waals surface area contributed by atoms with Gasteiger partial charge in [0.15, 0.2) is 0 Å². The molecule has 0 N–H and O–H groups in total. The molecule has 0 saturated heterocycles. The fourth-order valence-electron chi connectivity index (χ4n) is 17.1. The van der Waals surface area contributed by atoms with Crippen molar-refractivity contribution in [1.29, 1.82) is 0 Å². The zero-order valence-electron chi connectivity index (χ0n) is 84.4. The number of imidazole rings is 2. The number of aryl methyl sites for hydroxylation is 5. The van der Waals surface area contributed by atoms with Gasteiger partial charge < -0.3 is 22.8 Å². The molecule has 7 nitrogen and oxygen atoms in total. The van der Waals surface area contributed by atoms with Crippen LogP contribution in [0.15, 0.2) is 267 Å². The minimum Gasteiger partial charge on any atom is -0.344 e. The van der Waals surface area contributed by atoms with E-state index in [4.69, 9.17) is 4.98 Å². The smallest absolute Gasteiger partial charge is 0.215 e. The van der Waals surface area contributed by atoms with E-state index in [-0.39, 0.29) is 0 Å². The molecule has 0 unspecified atom stereocenters. The van der Waals surface area contributed by atoms with Gasteiger partial charge in [-0.1, -0.05) is 419 Å². The number of fused-ring (bicyclic) bond motifs is 29. The Morgan fingerprint density at radius 3 is 1.16 bits per heavy atom. The first kappa shape index (κ1) is 107.